The number of piperazine rings is 1. The number of carbonyl (C=O) groups excluding carboxylic acids is 1. The highest BCUT2D eigenvalue weighted by atomic mass is 16.1. The van der Waals surface area contributed by atoms with E-state index in [1.165, 1.54) is 0 Å². The minimum Gasteiger partial charge on any atom is -0.366 e. The van der Waals surface area contributed by atoms with Crippen LogP contribution in [0.5, 0.6) is 0 Å². The summed E-state index contributed by atoms with van der Waals surface area (Å²) in [6.07, 6.45) is 6.40. The third kappa shape index (κ3) is 6.14. The van der Waals surface area contributed by atoms with Gasteiger partial charge in [-0.25, -0.2) is 15.0 Å². The maximum atomic E-state index is 12.1. The molecule has 10 nitrogen and oxygen atoms in total. The second-order valence-electron chi connectivity index (χ2n) is 9.23. The summed E-state index contributed by atoms with van der Waals surface area (Å²) in [5.41, 5.74) is 9.92. The lowest BCUT2D eigenvalue weighted by atomic mass is 10.0. The van der Waals surface area contributed by atoms with Crippen LogP contribution in [-0.2, 0) is 6.54 Å². The quantitative estimate of drug-likeness (QED) is 0.407. The Balaban J connectivity index is 1.40. The van der Waals surface area contributed by atoms with E-state index in [0.29, 0.717) is 23.9 Å². The van der Waals surface area contributed by atoms with Crippen molar-refractivity contribution in [3.05, 3.63) is 60.0 Å². The van der Waals surface area contributed by atoms with Gasteiger partial charge in [-0.3, -0.25) is 14.6 Å². The Hall–Kier alpha value is -3.60. The summed E-state index contributed by atoms with van der Waals surface area (Å²) < 4.78 is 0. The van der Waals surface area contributed by atoms with Gasteiger partial charge in [0.05, 0.1) is 0 Å². The number of nitrogens with one attached hydrogen (secondary N) is 3. The van der Waals surface area contributed by atoms with Crippen molar-refractivity contribution in [2.75, 3.05) is 63.0 Å². The highest BCUT2D eigenvalue weighted by Crippen LogP contribution is 2.25. The zero-order valence-corrected chi connectivity index (χ0v) is 20.4. The Morgan fingerprint density at radius 2 is 1.67 bits per heavy atom. The monoisotopic (exact) mass is 487 g/mol. The van der Waals surface area contributed by atoms with Crippen LogP contribution in [0.2, 0.25) is 0 Å². The topological polar surface area (TPSA) is 124 Å². The van der Waals surface area contributed by atoms with Crippen molar-refractivity contribution < 1.29 is 4.79 Å². The normalized spacial score (nSPS) is 20.8. The van der Waals surface area contributed by atoms with Gasteiger partial charge in [-0.15, -0.1) is 0 Å². The van der Waals surface area contributed by atoms with Crippen LogP contribution in [0.25, 0.3) is 11.1 Å². The van der Waals surface area contributed by atoms with Crippen molar-refractivity contribution in [1.82, 2.24) is 30.1 Å². The fourth-order valence-corrected chi connectivity index (χ4v) is 4.63. The molecule has 0 atom stereocenters. The standard InChI is InChI=1S/C26H33N9O/c27-25(36)23-3-2-22-14-20(23)18-35-12-10-34(11-13-35)9-8-28-5-1-6-30-26-31-16-21(17-32-26)19-4-7-29-24(15-19)33-22/h2-4,7,14-17,28H,1,5-6,8-13,18H2,(H2,27,36)(H,29,33)(H,30,31,32). The van der Waals surface area contributed by atoms with E-state index in [2.05, 4.69) is 40.7 Å². The van der Waals surface area contributed by atoms with Gasteiger partial charge in [-0.2, -0.15) is 0 Å². The van der Waals surface area contributed by atoms with Gasteiger partial charge in [0.1, 0.15) is 5.82 Å². The number of amides is 1. The van der Waals surface area contributed by atoms with Gasteiger partial charge < -0.3 is 21.7 Å². The van der Waals surface area contributed by atoms with Crippen LogP contribution in [0, 0.1) is 0 Å². The number of benzene rings is 1. The molecule has 1 saturated heterocycles. The molecule has 36 heavy (non-hydrogen) atoms. The Morgan fingerprint density at radius 1 is 0.861 bits per heavy atom. The number of primary amides is 1. The first-order chi connectivity index (χ1) is 17.6. The molecule has 3 aromatic rings. The summed E-state index contributed by atoms with van der Waals surface area (Å²) in [5, 5.41) is 10.2. The molecule has 1 amide bonds. The van der Waals surface area contributed by atoms with Gasteiger partial charge in [0, 0.05) is 87.8 Å². The average molecular weight is 488 g/mol. The van der Waals surface area contributed by atoms with Crippen LogP contribution in [-0.4, -0.2) is 83.0 Å². The maximum absolute atomic E-state index is 12.1. The number of anilines is 3. The number of hydrogen-bond acceptors (Lipinski definition) is 9. The lowest BCUT2D eigenvalue weighted by molar-refractivity contribution is 0.0995. The van der Waals surface area contributed by atoms with E-state index in [0.717, 1.165) is 81.2 Å². The van der Waals surface area contributed by atoms with Crippen molar-refractivity contribution >= 4 is 23.4 Å². The Labute approximate surface area is 211 Å². The van der Waals surface area contributed by atoms with Crippen LogP contribution in [0.4, 0.5) is 17.5 Å². The van der Waals surface area contributed by atoms with Gasteiger partial charge >= 0.3 is 0 Å². The van der Waals surface area contributed by atoms with Crippen LogP contribution in [0.3, 0.4) is 0 Å². The summed E-state index contributed by atoms with van der Waals surface area (Å²) >= 11 is 0. The molecule has 0 aliphatic carbocycles. The fraction of sp³-hybridized carbons (Fsp3) is 0.385. The molecule has 5 aliphatic rings. The first-order valence-electron chi connectivity index (χ1n) is 12.5. The molecular weight excluding hydrogens is 454 g/mol. The lowest BCUT2D eigenvalue weighted by Gasteiger charge is -2.35. The SMILES string of the molecule is NC(=O)c1ccc2cc1CN1CCN(CCNCCCNc3ncc(cn3)-c3ccnc(c3)N2)CC1. The molecule has 1 aromatic carbocycles. The number of aromatic nitrogens is 3. The molecule has 0 saturated carbocycles. The van der Waals surface area contributed by atoms with Crippen molar-refractivity contribution in [3.63, 3.8) is 0 Å². The molecule has 5 N–H and O–H groups in total. The number of hydrogen-bond donors (Lipinski definition) is 4. The lowest BCUT2D eigenvalue weighted by Crippen LogP contribution is -2.47. The van der Waals surface area contributed by atoms with Crippen LogP contribution >= 0.6 is 0 Å². The minimum atomic E-state index is -0.406. The van der Waals surface area contributed by atoms with Crippen molar-refractivity contribution in [2.45, 2.75) is 13.0 Å². The van der Waals surface area contributed by atoms with E-state index in [-0.39, 0.29) is 0 Å². The highest BCUT2D eigenvalue weighted by molar-refractivity contribution is 5.95. The second-order valence-corrected chi connectivity index (χ2v) is 9.23. The summed E-state index contributed by atoms with van der Waals surface area (Å²) in [7, 11) is 0. The molecule has 1 fully saturated rings. The second kappa shape index (κ2) is 11.4. The van der Waals surface area contributed by atoms with Gasteiger partial charge in [-0.1, -0.05) is 0 Å². The van der Waals surface area contributed by atoms with E-state index in [4.69, 9.17) is 5.73 Å². The maximum Gasteiger partial charge on any atom is 0.249 e. The van der Waals surface area contributed by atoms with Gasteiger partial charge in [0.15, 0.2) is 0 Å². The van der Waals surface area contributed by atoms with E-state index in [9.17, 15) is 4.79 Å². The molecule has 2 aromatic heterocycles. The molecule has 8 bridgehead atoms. The van der Waals surface area contributed by atoms with E-state index in [1.54, 1.807) is 12.3 Å². The molecule has 0 spiro atoms. The van der Waals surface area contributed by atoms with Gasteiger partial charge in [0.2, 0.25) is 11.9 Å². The fourth-order valence-electron chi connectivity index (χ4n) is 4.63. The van der Waals surface area contributed by atoms with Gasteiger partial charge in [0.25, 0.3) is 0 Å². The minimum absolute atomic E-state index is 0.406. The number of nitrogens with two attached hydrogens (primary N) is 1. The number of carbonyl (C=O) groups is 1. The molecule has 188 valence electrons. The highest BCUT2D eigenvalue weighted by Gasteiger charge is 2.19. The summed E-state index contributed by atoms with van der Waals surface area (Å²) in [4.78, 5) is 30.4. The smallest absolute Gasteiger partial charge is 0.249 e. The van der Waals surface area contributed by atoms with Gasteiger partial charge in [-0.05, 0) is 54.4 Å². The molecule has 0 unspecified atom stereocenters. The Kier molecular flexibility index (Phi) is 7.65. The van der Waals surface area contributed by atoms with E-state index in [1.807, 2.05) is 36.7 Å². The van der Waals surface area contributed by atoms with E-state index < -0.39 is 5.91 Å². The Morgan fingerprint density at radius 3 is 2.47 bits per heavy atom. The summed E-state index contributed by atoms with van der Waals surface area (Å²) in [5.74, 6) is 0.924. The first-order valence-corrected chi connectivity index (χ1v) is 12.5. The Bertz CT molecular complexity index is 1180. The van der Waals surface area contributed by atoms with E-state index >= 15 is 0 Å². The molecular formula is C26H33N9O. The third-order valence-electron chi connectivity index (χ3n) is 6.67. The third-order valence-corrected chi connectivity index (χ3v) is 6.67. The average Bonchev–Trinajstić information content (AvgIpc) is 2.89. The largest absolute Gasteiger partial charge is 0.366 e. The van der Waals surface area contributed by atoms with Crippen LogP contribution in [0.1, 0.15) is 22.3 Å². The zero-order valence-electron chi connectivity index (χ0n) is 20.4. The number of nitrogens with zero attached hydrogens (tertiary/aromatic N) is 5. The molecule has 8 rings (SSSR count). The predicted molar refractivity (Wildman–Crippen MR) is 141 cm³/mol. The summed E-state index contributed by atoms with van der Waals surface area (Å²) in [6, 6.07) is 9.57. The zero-order chi connectivity index (χ0) is 24.7. The first kappa shape index (κ1) is 24.1. The van der Waals surface area contributed by atoms with Crippen molar-refractivity contribution in [3.8, 4) is 11.1 Å². The number of rotatable bonds is 1. The molecule has 5 aliphatic heterocycles. The molecule has 10 heteroatoms. The number of pyridine rings is 1. The van der Waals surface area contributed by atoms with Crippen LogP contribution in [0.15, 0.2) is 48.9 Å². The summed E-state index contributed by atoms with van der Waals surface area (Å²) in [6.45, 7) is 8.39. The molecule has 7 heterocycles. The van der Waals surface area contributed by atoms with Crippen LogP contribution < -0.4 is 21.7 Å². The molecule has 0 radical (unpaired) electrons. The van der Waals surface area contributed by atoms with Crippen molar-refractivity contribution in [2.24, 2.45) is 5.73 Å². The predicted octanol–water partition coefficient (Wildman–Crippen LogP) is 1.90. The van der Waals surface area contributed by atoms with Crippen molar-refractivity contribution in [1.29, 1.82) is 0 Å².